The zero-order valence-corrected chi connectivity index (χ0v) is 17.6. The Hall–Kier alpha value is -4.53. The van der Waals surface area contributed by atoms with E-state index in [2.05, 4.69) is 0 Å². The van der Waals surface area contributed by atoms with Gasteiger partial charge in [0, 0.05) is 12.1 Å². The average molecular weight is 451 g/mol. The van der Waals surface area contributed by atoms with Crippen LogP contribution in [0, 0.1) is 15.9 Å². The number of allylic oxidation sites excluding steroid dienone is 1. The van der Waals surface area contributed by atoms with Gasteiger partial charge >= 0.3 is 5.97 Å². The molecule has 33 heavy (non-hydrogen) atoms. The highest BCUT2D eigenvalue weighted by molar-refractivity contribution is 6.09. The monoisotopic (exact) mass is 451 g/mol. The van der Waals surface area contributed by atoms with E-state index in [0.29, 0.717) is 17.1 Å². The molecule has 0 amide bonds. The minimum Gasteiger partial charge on any atom is -0.493 e. The quantitative estimate of drug-likeness (QED) is 0.120. The highest BCUT2D eigenvalue weighted by Crippen LogP contribution is 2.28. The second-order valence-electron chi connectivity index (χ2n) is 6.65. The van der Waals surface area contributed by atoms with E-state index in [1.807, 2.05) is 0 Å². The molecule has 9 heteroatoms. The summed E-state index contributed by atoms with van der Waals surface area (Å²) >= 11 is 0. The van der Waals surface area contributed by atoms with Crippen LogP contribution in [0.25, 0.3) is 6.08 Å². The number of esters is 1. The van der Waals surface area contributed by atoms with Crippen molar-refractivity contribution in [3.63, 3.8) is 0 Å². The van der Waals surface area contributed by atoms with Gasteiger partial charge in [0.05, 0.1) is 30.3 Å². The lowest BCUT2D eigenvalue weighted by Gasteiger charge is -2.09. The van der Waals surface area contributed by atoms with Gasteiger partial charge in [0.2, 0.25) is 0 Å². The fourth-order valence-electron chi connectivity index (χ4n) is 2.91. The smallest absolute Gasteiger partial charge is 0.343 e. The van der Waals surface area contributed by atoms with Crippen molar-refractivity contribution >= 4 is 23.5 Å². The van der Waals surface area contributed by atoms with Crippen LogP contribution in [0.2, 0.25) is 0 Å². The van der Waals surface area contributed by atoms with Gasteiger partial charge in [0.1, 0.15) is 11.6 Å². The van der Waals surface area contributed by atoms with Crippen molar-refractivity contribution < 1.29 is 33.1 Å². The molecule has 0 radical (unpaired) electrons. The van der Waals surface area contributed by atoms with E-state index in [1.165, 1.54) is 44.6 Å². The molecule has 0 atom stereocenters. The third-order valence-electron chi connectivity index (χ3n) is 4.54. The Morgan fingerprint density at radius 3 is 2.36 bits per heavy atom. The molecular formula is C24H18FNO7. The van der Waals surface area contributed by atoms with Crippen LogP contribution in [0.15, 0.2) is 66.7 Å². The van der Waals surface area contributed by atoms with Crippen molar-refractivity contribution in [3.05, 3.63) is 99.4 Å². The number of halogens is 1. The molecule has 0 aliphatic heterocycles. The number of ether oxygens (including phenoxy) is 3. The summed E-state index contributed by atoms with van der Waals surface area (Å²) in [5.41, 5.74) is 0.0450. The maximum atomic E-state index is 13.8. The van der Waals surface area contributed by atoms with Crippen LogP contribution in [-0.2, 0) is 0 Å². The fourth-order valence-corrected chi connectivity index (χ4v) is 2.91. The van der Waals surface area contributed by atoms with Gasteiger partial charge in [-0.3, -0.25) is 14.9 Å². The number of methoxy groups -OCH3 is 2. The number of ketones is 1. The first kappa shape index (κ1) is 23.1. The maximum Gasteiger partial charge on any atom is 0.343 e. The molecule has 3 aromatic rings. The van der Waals surface area contributed by atoms with E-state index in [4.69, 9.17) is 14.2 Å². The minimum atomic E-state index is -0.928. The van der Waals surface area contributed by atoms with E-state index in [-0.39, 0.29) is 22.6 Å². The number of nitrogens with zero attached hydrogens (tertiary/aromatic N) is 1. The summed E-state index contributed by atoms with van der Waals surface area (Å²) in [5.74, 6) is -1.46. The van der Waals surface area contributed by atoms with Gasteiger partial charge in [-0.2, -0.15) is 0 Å². The summed E-state index contributed by atoms with van der Waals surface area (Å²) < 4.78 is 29.5. The van der Waals surface area contributed by atoms with Crippen LogP contribution in [0.4, 0.5) is 10.1 Å². The predicted molar refractivity (Wildman–Crippen MR) is 117 cm³/mol. The lowest BCUT2D eigenvalue weighted by Crippen LogP contribution is -2.11. The first-order chi connectivity index (χ1) is 15.8. The van der Waals surface area contributed by atoms with Gasteiger partial charge in [-0.1, -0.05) is 18.2 Å². The zero-order chi connectivity index (χ0) is 24.0. The number of hydrogen-bond acceptors (Lipinski definition) is 7. The SMILES string of the molecule is COc1ccc(C=CC(=O)c2cc(F)ccc2OC(=O)c2cccc([N+](=O)[O-])c2)cc1OC. The van der Waals surface area contributed by atoms with Crippen LogP contribution in [0.3, 0.4) is 0 Å². The molecule has 0 N–H and O–H groups in total. The molecular weight excluding hydrogens is 433 g/mol. The first-order valence-corrected chi connectivity index (χ1v) is 9.53. The molecule has 0 fully saturated rings. The lowest BCUT2D eigenvalue weighted by atomic mass is 10.1. The fraction of sp³-hybridized carbons (Fsp3) is 0.0833. The van der Waals surface area contributed by atoms with Crippen LogP contribution in [0.1, 0.15) is 26.3 Å². The Kier molecular flexibility index (Phi) is 7.14. The molecule has 168 valence electrons. The highest BCUT2D eigenvalue weighted by Gasteiger charge is 2.18. The number of non-ortho nitro benzene ring substituents is 1. The van der Waals surface area contributed by atoms with Gasteiger partial charge in [0.15, 0.2) is 17.3 Å². The number of hydrogen-bond donors (Lipinski definition) is 0. The molecule has 0 heterocycles. The number of nitro benzene ring substituents is 1. The van der Waals surface area contributed by atoms with Gasteiger partial charge in [-0.15, -0.1) is 0 Å². The Bertz CT molecular complexity index is 1250. The molecule has 0 saturated heterocycles. The second-order valence-corrected chi connectivity index (χ2v) is 6.65. The van der Waals surface area contributed by atoms with Crippen molar-refractivity contribution in [3.8, 4) is 17.2 Å². The van der Waals surface area contributed by atoms with Crippen LogP contribution in [-0.4, -0.2) is 30.9 Å². The third kappa shape index (κ3) is 5.59. The van der Waals surface area contributed by atoms with Crippen molar-refractivity contribution in [1.82, 2.24) is 0 Å². The number of rotatable bonds is 8. The molecule has 8 nitrogen and oxygen atoms in total. The number of carbonyl (C=O) groups is 2. The summed E-state index contributed by atoms with van der Waals surface area (Å²) in [4.78, 5) is 35.5. The molecule has 0 bridgehead atoms. The van der Waals surface area contributed by atoms with Gasteiger partial charge in [-0.05, 0) is 48.0 Å². The summed E-state index contributed by atoms with van der Waals surface area (Å²) in [5, 5.41) is 10.9. The Labute approximate surface area is 188 Å². The van der Waals surface area contributed by atoms with Crippen LogP contribution >= 0.6 is 0 Å². The van der Waals surface area contributed by atoms with E-state index in [0.717, 1.165) is 24.3 Å². The standard InChI is InChI=1S/C24H18FNO7/c1-31-22-10-7-15(12-23(22)32-2)6-9-20(27)19-14-17(25)8-11-21(19)33-24(28)16-4-3-5-18(13-16)26(29)30/h3-14H,1-2H3. The summed E-state index contributed by atoms with van der Waals surface area (Å²) in [6, 6.07) is 13.1. The predicted octanol–water partition coefficient (Wildman–Crippen LogP) is 4.87. The normalized spacial score (nSPS) is 10.6. The Morgan fingerprint density at radius 1 is 0.939 bits per heavy atom. The van der Waals surface area contributed by atoms with Crippen molar-refractivity contribution in [2.24, 2.45) is 0 Å². The van der Waals surface area contributed by atoms with Crippen molar-refractivity contribution in [1.29, 1.82) is 0 Å². The van der Waals surface area contributed by atoms with Crippen LogP contribution < -0.4 is 14.2 Å². The third-order valence-corrected chi connectivity index (χ3v) is 4.54. The molecule has 3 rings (SSSR count). The Balaban J connectivity index is 1.85. The molecule has 0 unspecified atom stereocenters. The second kappa shape index (κ2) is 10.2. The van der Waals surface area contributed by atoms with E-state index in [1.54, 1.807) is 18.2 Å². The van der Waals surface area contributed by atoms with Crippen LogP contribution in [0.5, 0.6) is 17.2 Å². The number of benzene rings is 3. The molecule has 0 saturated carbocycles. The topological polar surface area (TPSA) is 105 Å². The molecule has 3 aromatic carbocycles. The van der Waals surface area contributed by atoms with Crippen molar-refractivity contribution in [2.45, 2.75) is 0 Å². The summed E-state index contributed by atoms with van der Waals surface area (Å²) in [6.07, 6.45) is 2.68. The van der Waals surface area contributed by atoms with Gasteiger partial charge < -0.3 is 14.2 Å². The zero-order valence-electron chi connectivity index (χ0n) is 17.6. The average Bonchev–Trinajstić information content (AvgIpc) is 2.83. The minimum absolute atomic E-state index is 0.0900. The lowest BCUT2D eigenvalue weighted by molar-refractivity contribution is -0.384. The largest absolute Gasteiger partial charge is 0.493 e. The van der Waals surface area contributed by atoms with Gasteiger partial charge in [0.25, 0.3) is 5.69 Å². The van der Waals surface area contributed by atoms with E-state index in [9.17, 15) is 24.1 Å². The van der Waals surface area contributed by atoms with E-state index >= 15 is 0 Å². The highest BCUT2D eigenvalue weighted by atomic mass is 19.1. The van der Waals surface area contributed by atoms with E-state index < -0.39 is 22.5 Å². The number of carbonyl (C=O) groups excluding carboxylic acids is 2. The molecule has 0 aromatic heterocycles. The number of nitro groups is 1. The van der Waals surface area contributed by atoms with Crippen molar-refractivity contribution in [2.75, 3.05) is 14.2 Å². The van der Waals surface area contributed by atoms with Gasteiger partial charge in [-0.25, -0.2) is 9.18 Å². The first-order valence-electron chi connectivity index (χ1n) is 9.53. The molecule has 0 spiro atoms. The Morgan fingerprint density at radius 2 is 1.67 bits per heavy atom. The maximum absolute atomic E-state index is 13.8. The summed E-state index contributed by atoms with van der Waals surface area (Å²) in [7, 11) is 2.97. The molecule has 0 aliphatic rings. The molecule has 0 aliphatic carbocycles. The summed E-state index contributed by atoms with van der Waals surface area (Å²) in [6.45, 7) is 0.